The summed E-state index contributed by atoms with van der Waals surface area (Å²) < 4.78 is 23.5. The second-order valence-corrected chi connectivity index (χ2v) is 8.20. The number of esters is 2. The molecule has 2 N–H and O–H groups in total. The van der Waals surface area contributed by atoms with Crippen molar-refractivity contribution in [2.24, 2.45) is 5.92 Å². The van der Waals surface area contributed by atoms with Gasteiger partial charge in [0, 0.05) is 6.42 Å². The van der Waals surface area contributed by atoms with Crippen molar-refractivity contribution in [3.8, 4) is 0 Å². The first-order chi connectivity index (χ1) is 14.2. The predicted octanol–water partition coefficient (Wildman–Crippen LogP) is 2.87. The third-order valence-corrected chi connectivity index (χ3v) is 5.27. The molecule has 2 atom stereocenters. The number of nitrogens with zero attached hydrogens (tertiary/aromatic N) is 1. The van der Waals surface area contributed by atoms with Crippen LogP contribution in [0.1, 0.15) is 33.1 Å². The van der Waals surface area contributed by atoms with Gasteiger partial charge < -0.3 is 14.8 Å². The Bertz CT molecular complexity index is 902. The molecular weight excluding hydrogens is 413 g/mol. The zero-order valence-electron chi connectivity index (χ0n) is 17.4. The average molecular weight is 440 g/mol. The molecule has 1 aromatic heterocycles. The molecular formula is C20H26FN3O5S. The number of hydrogen-bond acceptors (Lipinski definition) is 8. The molecule has 0 saturated heterocycles. The summed E-state index contributed by atoms with van der Waals surface area (Å²) in [5, 5.41) is 5.95. The van der Waals surface area contributed by atoms with Gasteiger partial charge in [-0.05, 0) is 37.0 Å². The van der Waals surface area contributed by atoms with E-state index in [0.29, 0.717) is 21.8 Å². The van der Waals surface area contributed by atoms with Gasteiger partial charge in [-0.25, -0.2) is 9.37 Å². The average Bonchev–Trinajstić information content (AvgIpc) is 3.09. The van der Waals surface area contributed by atoms with Crippen LogP contribution in [0, 0.1) is 11.7 Å². The number of thiazole rings is 1. The van der Waals surface area contributed by atoms with Crippen LogP contribution in [-0.2, 0) is 23.9 Å². The molecule has 0 radical (unpaired) electrons. The third kappa shape index (κ3) is 6.74. The summed E-state index contributed by atoms with van der Waals surface area (Å²) in [5.74, 6) is -1.60. The van der Waals surface area contributed by atoms with Crippen LogP contribution in [0.3, 0.4) is 0 Å². The summed E-state index contributed by atoms with van der Waals surface area (Å²) in [4.78, 5) is 40.8. The molecule has 0 aliphatic rings. The van der Waals surface area contributed by atoms with Crippen molar-refractivity contribution in [2.45, 2.75) is 45.2 Å². The monoisotopic (exact) mass is 439 g/mol. The summed E-state index contributed by atoms with van der Waals surface area (Å²) in [6, 6.07) is 2.64. The lowest BCUT2D eigenvalue weighted by atomic mass is 10.0. The number of amides is 1. The molecule has 2 rings (SSSR count). The number of rotatable bonds is 10. The number of anilines is 1. The first kappa shape index (κ1) is 23.7. The Morgan fingerprint density at radius 1 is 1.13 bits per heavy atom. The Morgan fingerprint density at radius 2 is 1.80 bits per heavy atom. The molecule has 0 fully saturated rings. The molecule has 0 bridgehead atoms. The molecule has 1 heterocycles. The second kappa shape index (κ2) is 11.0. The smallest absolute Gasteiger partial charge is 0.322 e. The van der Waals surface area contributed by atoms with Crippen molar-refractivity contribution >= 4 is 44.5 Å². The van der Waals surface area contributed by atoms with E-state index < -0.39 is 24.0 Å². The predicted molar refractivity (Wildman–Crippen MR) is 112 cm³/mol. The summed E-state index contributed by atoms with van der Waals surface area (Å²) in [5.41, 5.74) is 0.584. The Labute approximate surface area is 178 Å². The fourth-order valence-electron chi connectivity index (χ4n) is 2.91. The van der Waals surface area contributed by atoms with Gasteiger partial charge in [-0.15, -0.1) is 0 Å². The molecule has 1 amide bonds. The molecule has 10 heteroatoms. The number of ether oxygens (including phenoxy) is 2. The van der Waals surface area contributed by atoms with Gasteiger partial charge in [0.2, 0.25) is 5.91 Å². The number of aromatic nitrogens is 1. The summed E-state index contributed by atoms with van der Waals surface area (Å²) in [7, 11) is 2.52. The van der Waals surface area contributed by atoms with Crippen LogP contribution in [0.2, 0.25) is 0 Å². The van der Waals surface area contributed by atoms with Crippen LogP contribution in [0.4, 0.5) is 9.52 Å². The summed E-state index contributed by atoms with van der Waals surface area (Å²) in [6.07, 6.45) is 0.574. The number of fused-ring (bicyclic) bond motifs is 1. The Morgan fingerprint density at radius 3 is 2.43 bits per heavy atom. The van der Waals surface area contributed by atoms with Crippen molar-refractivity contribution in [3.05, 3.63) is 24.0 Å². The van der Waals surface area contributed by atoms with Gasteiger partial charge in [-0.1, -0.05) is 25.2 Å². The highest BCUT2D eigenvalue weighted by Gasteiger charge is 2.28. The van der Waals surface area contributed by atoms with Crippen molar-refractivity contribution in [1.29, 1.82) is 0 Å². The van der Waals surface area contributed by atoms with E-state index in [0.717, 1.165) is 11.3 Å². The first-order valence-corrected chi connectivity index (χ1v) is 10.3. The number of hydrogen-bond donors (Lipinski definition) is 2. The molecule has 0 aliphatic heterocycles. The number of carbonyl (C=O) groups excluding carboxylic acids is 3. The normalized spacial score (nSPS) is 13.1. The molecule has 164 valence electrons. The van der Waals surface area contributed by atoms with Crippen LogP contribution in [-0.4, -0.2) is 49.1 Å². The van der Waals surface area contributed by atoms with Crippen LogP contribution in [0.25, 0.3) is 10.2 Å². The van der Waals surface area contributed by atoms with Crippen LogP contribution >= 0.6 is 11.3 Å². The molecule has 8 nitrogen and oxygen atoms in total. The summed E-state index contributed by atoms with van der Waals surface area (Å²) >= 11 is 1.16. The maximum absolute atomic E-state index is 13.3. The third-order valence-electron chi connectivity index (χ3n) is 4.34. The number of carbonyl (C=O) groups is 3. The SMILES string of the molecule is COC(=O)[C@H](CCC(=O)Nc1nc2ccc(F)cc2s1)N[C@@H](CC(C)C)C(=O)OC. The summed E-state index contributed by atoms with van der Waals surface area (Å²) in [6.45, 7) is 3.89. The van der Waals surface area contributed by atoms with Gasteiger partial charge in [-0.3, -0.25) is 19.7 Å². The maximum Gasteiger partial charge on any atom is 0.322 e. The van der Waals surface area contributed by atoms with Crippen LogP contribution in [0.15, 0.2) is 18.2 Å². The van der Waals surface area contributed by atoms with E-state index >= 15 is 0 Å². The van der Waals surface area contributed by atoms with E-state index in [1.165, 1.54) is 32.4 Å². The fraction of sp³-hybridized carbons (Fsp3) is 0.500. The molecule has 0 aliphatic carbocycles. The van der Waals surface area contributed by atoms with Gasteiger partial charge in [0.15, 0.2) is 5.13 Å². The topological polar surface area (TPSA) is 107 Å². The lowest BCUT2D eigenvalue weighted by molar-refractivity contribution is -0.146. The van der Waals surface area contributed by atoms with E-state index in [2.05, 4.69) is 15.6 Å². The van der Waals surface area contributed by atoms with E-state index in [1.54, 1.807) is 0 Å². The molecule has 2 aromatic rings. The molecule has 30 heavy (non-hydrogen) atoms. The molecule has 0 unspecified atom stereocenters. The van der Waals surface area contributed by atoms with E-state index in [9.17, 15) is 18.8 Å². The lowest BCUT2D eigenvalue weighted by Gasteiger charge is -2.23. The zero-order valence-corrected chi connectivity index (χ0v) is 18.2. The lowest BCUT2D eigenvalue weighted by Crippen LogP contribution is -2.48. The van der Waals surface area contributed by atoms with Crippen molar-refractivity contribution in [2.75, 3.05) is 19.5 Å². The maximum atomic E-state index is 13.3. The Kier molecular flexibility index (Phi) is 8.67. The highest BCUT2D eigenvalue weighted by molar-refractivity contribution is 7.22. The van der Waals surface area contributed by atoms with Crippen LogP contribution in [0.5, 0.6) is 0 Å². The van der Waals surface area contributed by atoms with Gasteiger partial charge in [-0.2, -0.15) is 0 Å². The van der Waals surface area contributed by atoms with Gasteiger partial charge in [0.1, 0.15) is 17.9 Å². The largest absolute Gasteiger partial charge is 0.468 e. The van der Waals surface area contributed by atoms with E-state index in [-0.39, 0.29) is 30.5 Å². The Hall–Kier alpha value is -2.59. The molecule has 1 aromatic carbocycles. The number of benzene rings is 1. The molecule has 0 saturated carbocycles. The highest BCUT2D eigenvalue weighted by atomic mass is 32.1. The van der Waals surface area contributed by atoms with Crippen molar-refractivity contribution < 1.29 is 28.2 Å². The van der Waals surface area contributed by atoms with Crippen molar-refractivity contribution in [1.82, 2.24) is 10.3 Å². The minimum absolute atomic E-state index is 0.00732. The van der Waals surface area contributed by atoms with Crippen LogP contribution < -0.4 is 10.6 Å². The Balaban J connectivity index is 2.00. The van der Waals surface area contributed by atoms with Crippen molar-refractivity contribution in [3.63, 3.8) is 0 Å². The molecule has 0 spiro atoms. The standard InChI is InChI=1S/C20H26FN3O5S/c1-11(2)9-15(19(27)29-4)22-14(18(26)28-3)7-8-17(25)24-20-23-13-6-5-12(21)10-16(13)30-20/h5-6,10-11,14-15,22H,7-9H2,1-4H3,(H,23,24,25)/t14-,15-/m0/s1. The number of nitrogens with one attached hydrogen (secondary N) is 2. The number of methoxy groups -OCH3 is 2. The quantitative estimate of drug-likeness (QED) is 0.548. The zero-order chi connectivity index (χ0) is 22.3. The van der Waals surface area contributed by atoms with Gasteiger partial charge >= 0.3 is 11.9 Å². The minimum Gasteiger partial charge on any atom is -0.468 e. The van der Waals surface area contributed by atoms with E-state index in [1.807, 2.05) is 13.8 Å². The van der Waals surface area contributed by atoms with Gasteiger partial charge in [0.25, 0.3) is 0 Å². The second-order valence-electron chi connectivity index (χ2n) is 7.17. The minimum atomic E-state index is -0.854. The van der Waals surface area contributed by atoms with Gasteiger partial charge in [0.05, 0.1) is 24.4 Å². The fourth-order valence-corrected chi connectivity index (χ4v) is 3.82. The highest BCUT2D eigenvalue weighted by Crippen LogP contribution is 2.26. The van der Waals surface area contributed by atoms with E-state index in [4.69, 9.17) is 9.47 Å². The first-order valence-electron chi connectivity index (χ1n) is 9.51. The number of halogens is 1.